The van der Waals surface area contributed by atoms with Gasteiger partial charge in [0.2, 0.25) is 29.5 Å². The van der Waals surface area contributed by atoms with E-state index in [1.54, 1.807) is 0 Å². The molecular formula is C17H28N6O10. The van der Waals surface area contributed by atoms with E-state index in [1.165, 1.54) is 0 Å². The highest BCUT2D eigenvalue weighted by Gasteiger charge is 2.33. The lowest BCUT2D eigenvalue weighted by Gasteiger charge is -2.26. The number of carbonyl (C=O) groups is 7. The van der Waals surface area contributed by atoms with Gasteiger partial charge < -0.3 is 48.5 Å². The van der Waals surface area contributed by atoms with E-state index in [0.29, 0.717) is 0 Å². The lowest BCUT2D eigenvalue weighted by Crippen LogP contribution is -2.60. The van der Waals surface area contributed by atoms with Gasteiger partial charge in [-0.1, -0.05) is 0 Å². The summed E-state index contributed by atoms with van der Waals surface area (Å²) >= 11 is 0. The summed E-state index contributed by atoms with van der Waals surface area (Å²) in [5.41, 5.74) is 15.3. The molecule has 0 aliphatic rings. The Hall–Kier alpha value is -3.79. The summed E-state index contributed by atoms with van der Waals surface area (Å²) in [4.78, 5) is 81.1. The normalized spacial score (nSPS) is 15.1. The van der Waals surface area contributed by atoms with E-state index in [-0.39, 0.29) is 12.8 Å². The van der Waals surface area contributed by atoms with Crippen LogP contribution in [-0.2, 0) is 33.6 Å². The summed E-state index contributed by atoms with van der Waals surface area (Å²) in [5.74, 6) is -8.24. The zero-order chi connectivity index (χ0) is 25.9. The summed E-state index contributed by atoms with van der Waals surface area (Å²) in [5, 5.41) is 34.1. The van der Waals surface area contributed by atoms with Crippen molar-refractivity contribution in [3.8, 4) is 0 Å². The monoisotopic (exact) mass is 476 g/mol. The number of primary amides is 2. The van der Waals surface area contributed by atoms with Crippen LogP contribution in [0, 0.1) is 0 Å². The minimum Gasteiger partial charge on any atom is -0.481 e. The van der Waals surface area contributed by atoms with E-state index in [4.69, 9.17) is 27.4 Å². The molecule has 0 rings (SSSR count). The number of carboxylic acid groups (broad SMARTS) is 2. The molecule has 0 spiro atoms. The molecule has 186 valence electrons. The number of hydrogen-bond donors (Lipinski definition) is 9. The van der Waals surface area contributed by atoms with Crippen LogP contribution in [0.1, 0.15) is 32.6 Å². The maximum absolute atomic E-state index is 12.5. The van der Waals surface area contributed by atoms with Gasteiger partial charge in [0.25, 0.3) is 0 Å². The van der Waals surface area contributed by atoms with Crippen molar-refractivity contribution in [2.24, 2.45) is 17.2 Å². The number of carbonyl (C=O) groups excluding carboxylic acids is 5. The number of aliphatic hydroxyl groups excluding tert-OH is 1. The quantitative estimate of drug-likeness (QED) is 0.108. The molecule has 0 saturated carbocycles. The van der Waals surface area contributed by atoms with Crippen molar-refractivity contribution in [1.82, 2.24) is 16.0 Å². The second-order valence-electron chi connectivity index (χ2n) is 7.07. The molecule has 0 radical (unpaired) electrons. The van der Waals surface area contributed by atoms with Crippen LogP contribution in [0.3, 0.4) is 0 Å². The molecule has 16 nitrogen and oxygen atoms in total. The van der Waals surface area contributed by atoms with Gasteiger partial charge in [0.15, 0.2) is 0 Å². The highest BCUT2D eigenvalue weighted by molar-refractivity contribution is 5.96. The lowest BCUT2D eigenvalue weighted by atomic mass is 10.1. The molecule has 0 aromatic rings. The predicted octanol–water partition coefficient (Wildman–Crippen LogP) is -5.15. The molecule has 0 aromatic carbocycles. The van der Waals surface area contributed by atoms with Gasteiger partial charge >= 0.3 is 11.9 Å². The SMILES string of the molecule is CC(O)C(NC(=O)C(CC(=O)O)NC(=O)C(N)CC(N)=O)C(=O)NC(CCC(N)=O)C(=O)O. The zero-order valence-electron chi connectivity index (χ0n) is 17.6. The maximum atomic E-state index is 12.5. The number of nitrogens with one attached hydrogen (secondary N) is 3. The molecule has 0 bridgehead atoms. The van der Waals surface area contributed by atoms with Crippen LogP contribution in [0.5, 0.6) is 0 Å². The van der Waals surface area contributed by atoms with E-state index in [0.717, 1.165) is 6.92 Å². The molecular weight excluding hydrogens is 448 g/mol. The fraction of sp³-hybridized carbons (Fsp3) is 0.588. The number of carboxylic acids is 2. The Kier molecular flexibility index (Phi) is 12.0. The van der Waals surface area contributed by atoms with Gasteiger partial charge in [-0.25, -0.2) is 4.79 Å². The summed E-state index contributed by atoms with van der Waals surface area (Å²) in [6, 6.07) is -6.60. The average Bonchev–Trinajstić information content (AvgIpc) is 2.66. The number of rotatable bonds is 15. The van der Waals surface area contributed by atoms with E-state index in [1.807, 2.05) is 16.0 Å². The number of nitrogens with two attached hydrogens (primary N) is 3. The van der Waals surface area contributed by atoms with E-state index < -0.39 is 84.6 Å². The molecule has 0 aromatic heterocycles. The van der Waals surface area contributed by atoms with Crippen LogP contribution >= 0.6 is 0 Å². The number of amides is 5. The molecule has 0 saturated heterocycles. The first-order valence-electron chi connectivity index (χ1n) is 9.51. The van der Waals surface area contributed by atoms with Crippen molar-refractivity contribution >= 4 is 41.5 Å². The molecule has 12 N–H and O–H groups in total. The van der Waals surface area contributed by atoms with Gasteiger partial charge in [-0.05, 0) is 13.3 Å². The summed E-state index contributed by atoms with van der Waals surface area (Å²) in [6.07, 6.45) is -3.87. The molecule has 16 heteroatoms. The Labute approximate surface area is 187 Å². The fourth-order valence-corrected chi connectivity index (χ4v) is 2.44. The Morgan fingerprint density at radius 3 is 1.76 bits per heavy atom. The topological polar surface area (TPSA) is 294 Å². The average molecular weight is 476 g/mol. The third-order valence-corrected chi connectivity index (χ3v) is 4.13. The number of aliphatic hydroxyl groups is 1. The first-order chi connectivity index (χ1) is 15.1. The Morgan fingerprint density at radius 1 is 0.788 bits per heavy atom. The predicted molar refractivity (Wildman–Crippen MR) is 108 cm³/mol. The van der Waals surface area contributed by atoms with Crippen molar-refractivity contribution in [2.75, 3.05) is 0 Å². The number of aliphatic carboxylic acids is 2. The largest absolute Gasteiger partial charge is 0.481 e. The second-order valence-corrected chi connectivity index (χ2v) is 7.07. The second kappa shape index (κ2) is 13.6. The van der Waals surface area contributed by atoms with Crippen LogP contribution in [0.15, 0.2) is 0 Å². The lowest BCUT2D eigenvalue weighted by molar-refractivity contribution is -0.144. The minimum absolute atomic E-state index is 0.369. The van der Waals surface area contributed by atoms with Crippen molar-refractivity contribution in [3.63, 3.8) is 0 Å². The van der Waals surface area contributed by atoms with Gasteiger partial charge in [-0.15, -0.1) is 0 Å². The van der Waals surface area contributed by atoms with E-state index >= 15 is 0 Å². The van der Waals surface area contributed by atoms with Crippen molar-refractivity contribution in [2.45, 2.75) is 62.9 Å². The van der Waals surface area contributed by atoms with Crippen LogP contribution in [0.25, 0.3) is 0 Å². The molecule has 5 amide bonds. The van der Waals surface area contributed by atoms with E-state index in [2.05, 4.69) is 0 Å². The Morgan fingerprint density at radius 2 is 1.33 bits per heavy atom. The Balaban J connectivity index is 5.45. The van der Waals surface area contributed by atoms with Crippen molar-refractivity contribution in [3.05, 3.63) is 0 Å². The standard InChI is InChI=1S/C17H28N6O10/c1-6(24)13(16(31)21-8(17(32)33)2-3-10(19)25)23-15(30)9(5-12(27)28)22-14(29)7(18)4-11(20)26/h6-9,13,24H,2-5,18H2,1H3,(H2,19,25)(H2,20,26)(H,21,31)(H,22,29)(H,23,30)(H,27,28)(H,32,33). The van der Waals surface area contributed by atoms with Crippen molar-refractivity contribution in [1.29, 1.82) is 0 Å². The molecule has 33 heavy (non-hydrogen) atoms. The smallest absolute Gasteiger partial charge is 0.326 e. The summed E-state index contributed by atoms with van der Waals surface area (Å²) in [6.45, 7) is 1.08. The van der Waals surface area contributed by atoms with Gasteiger partial charge in [0, 0.05) is 6.42 Å². The summed E-state index contributed by atoms with van der Waals surface area (Å²) < 4.78 is 0. The maximum Gasteiger partial charge on any atom is 0.326 e. The minimum atomic E-state index is -1.77. The highest BCUT2D eigenvalue weighted by atomic mass is 16.4. The molecule has 0 aliphatic heterocycles. The van der Waals surface area contributed by atoms with E-state index in [9.17, 15) is 38.7 Å². The van der Waals surface area contributed by atoms with Crippen LogP contribution in [0.4, 0.5) is 0 Å². The van der Waals surface area contributed by atoms with Crippen LogP contribution < -0.4 is 33.2 Å². The zero-order valence-corrected chi connectivity index (χ0v) is 17.6. The first kappa shape index (κ1) is 29.2. The van der Waals surface area contributed by atoms with Gasteiger partial charge in [0.1, 0.15) is 18.1 Å². The molecule has 5 unspecified atom stereocenters. The third kappa shape index (κ3) is 11.4. The Bertz CT molecular complexity index is 786. The molecule has 0 heterocycles. The van der Waals surface area contributed by atoms with Gasteiger partial charge in [-0.3, -0.25) is 28.8 Å². The van der Waals surface area contributed by atoms with Gasteiger partial charge in [-0.2, -0.15) is 0 Å². The van der Waals surface area contributed by atoms with Crippen LogP contribution in [0.2, 0.25) is 0 Å². The molecule has 0 aliphatic carbocycles. The fourth-order valence-electron chi connectivity index (χ4n) is 2.44. The number of hydrogen-bond acceptors (Lipinski definition) is 9. The summed E-state index contributed by atoms with van der Waals surface area (Å²) in [7, 11) is 0. The highest BCUT2D eigenvalue weighted by Crippen LogP contribution is 2.03. The third-order valence-electron chi connectivity index (χ3n) is 4.13. The molecule has 5 atom stereocenters. The van der Waals surface area contributed by atoms with Gasteiger partial charge in [0.05, 0.1) is 25.0 Å². The first-order valence-corrected chi connectivity index (χ1v) is 9.51. The van der Waals surface area contributed by atoms with Crippen molar-refractivity contribution < 1.29 is 48.9 Å². The van der Waals surface area contributed by atoms with Crippen LogP contribution in [-0.4, -0.2) is 87.1 Å². The molecule has 0 fully saturated rings.